The molecule has 11 heteroatoms. The Labute approximate surface area is 151 Å². The zero-order valence-electron chi connectivity index (χ0n) is 13.9. The van der Waals surface area contributed by atoms with Crippen LogP contribution in [-0.4, -0.2) is 61.6 Å². The van der Waals surface area contributed by atoms with Crippen molar-refractivity contribution in [3.05, 3.63) is 48.2 Å². The van der Waals surface area contributed by atoms with E-state index in [1.807, 2.05) is 0 Å². The van der Waals surface area contributed by atoms with E-state index in [0.29, 0.717) is 12.0 Å². The number of hydrogen-bond acceptors (Lipinski definition) is 5. The van der Waals surface area contributed by atoms with Gasteiger partial charge >= 0.3 is 0 Å². The Balaban J connectivity index is 1.72. The Morgan fingerprint density at radius 1 is 1.08 bits per heavy atom. The summed E-state index contributed by atoms with van der Waals surface area (Å²) < 4.78 is 66.1. The molecule has 0 spiro atoms. The molecule has 0 amide bonds. The average Bonchev–Trinajstić information content (AvgIpc) is 2.99. The van der Waals surface area contributed by atoms with Crippen LogP contribution >= 0.6 is 0 Å². The second-order valence-corrected chi connectivity index (χ2v) is 9.83. The van der Waals surface area contributed by atoms with Crippen LogP contribution in [0.2, 0.25) is 0 Å². The molecule has 26 heavy (non-hydrogen) atoms. The molecular weight excluding hydrogens is 383 g/mol. The van der Waals surface area contributed by atoms with Gasteiger partial charge in [0, 0.05) is 26.2 Å². The number of H-pyrrole nitrogens is 1. The van der Waals surface area contributed by atoms with Gasteiger partial charge in [0.05, 0.1) is 18.3 Å². The number of nitrogens with one attached hydrogen (secondary N) is 1. The lowest BCUT2D eigenvalue weighted by molar-refractivity contribution is 0.403. The molecule has 1 aromatic carbocycles. The van der Waals surface area contributed by atoms with Gasteiger partial charge in [-0.1, -0.05) is 12.1 Å². The van der Waals surface area contributed by atoms with Crippen LogP contribution < -0.4 is 0 Å². The number of aromatic amines is 1. The Morgan fingerprint density at radius 2 is 1.81 bits per heavy atom. The molecule has 1 aliphatic rings. The summed E-state index contributed by atoms with van der Waals surface area (Å²) in [5, 5.41) is -0.0198. The fraction of sp³-hybridized carbons (Fsp3) is 0.400. The molecule has 1 fully saturated rings. The lowest BCUT2D eigenvalue weighted by atomic mass is 10.2. The zero-order valence-corrected chi connectivity index (χ0v) is 15.5. The van der Waals surface area contributed by atoms with Crippen LogP contribution in [0.25, 0.3) is 0 Å². The molecule has 0 atom stereocenters. The Kier molecular flexibility index (Phi) is 5.42. The smallest absolute Gasteiger partial charge is 0.260 e. The summed E-state index contributed by atoms with van der Waals surface area (Å²) in [5.41, 5.74) is 0.358. The number of imidazole rings is 1. The largest absolute Gasteiger partial charge is 0.335 e. The summed E-state index contributed by atoms with van der Waals surface area (Å²) >= 11 is 0. The van der Waals surface area contributed by atoms with Gasteiger partial charge in [-0.15, -0.1) is 0 Å². The van der Waals surface area contributed by atoms with Gasteiger partial charge in [-0.3, -0.25) is 0 Å². The molecule has 0 bridgehead atoms. The number of benzene rings is 1. The summed E-state index contributed by atoms with van der Waals surface area (Å²) in [6.07, 6.45) is 2.87. The Morgan fingerprint density at radius 3 is 2.50 bits per heavy atom. The van der Waals surface area contributed by atoms with Crippen molar-refractivity contribution < 1.29 is 21.2 Å². The first-order chi connectivity index (χ1) is 12.3. The highest BCUT2D eigenvalue weighted by molar-refractivity contribution is 7.89. The monoisotopic (exact) mass is 402 g/mol. The van der Waals surface area contributed by atoms with Gasteiger partial charge in [-0.05, 0) is 24.1 Å². The molecule has 0 radical (unpaired) electrons. The van der Waals surface area contributed by atoms with Crippen LogP contribution in [0, 0.1) is 5.82 Å². The van der Waals surface area contributed by atoms with E-state index in [4.69, 9.17) is 0 Å². The van der Waals surface area contributed by atoms with Crippen molar-refractivity contribution in [3.63, 3.8) is 0 Å². The van der Waals surface area contributed by atoms with Crippen LogP contribution in [0.1, 0.15) is 12.0 Å². The van der Waals surface area contributed by atoms with E-state index in [1.54, 1.807) is 6.07 Å². The van der Waals surface area contributed by atoms with Gasteiger partial charge in [-0.2, -0.15) is 4.31 Å². The first-order valence-corrected chi connectivity index (χ1v) is 11.0. The molecule has 8 nitrogen and oxygen atoms in total. The normalized spacial score (nSPS) is 17.9. The molecule has 3 rings (SSSR count). The predicted molar refractivity (Wildman–Crippen MR) is 92.6 cm³/mol. The average molecular weight is 402 g/mol. The van der Waals surface area contributed by atoms with Crippen LogP contribution in [0.3, 0.4) is 0 Å². The van der Waals surface area contributed by atoms with Crippen LogP contribution in [0.5, 0.6) is 0 Å². The Hall–Kier alpha value is -1.82. The highest BCUT2D eigenvalue weighted by Gasteiger charge is 2.31. The molecule has 2 heterocycles. The number of rotatable bonds is 5. The van der Waals surface area contributed by atoms with Gasteiger partial charge in [0.2, 0.25) is 10.0 Å². The summed E-state index contributed by atoms with van der Waals surface area (Å²) in [4.78, 5) is 6.28. The maximum atomic E-state index is 13.3. The van der Waals surface area contributed by atoms with Crippen LogP contribution in [-0.2, 0) is 25.8 Å². The van der Waals surface area contributed by atoms with Crippen molar-refractivity contribution >= 4 is 20.0 Å². The summed E-state index contributed by atoms with van der Waals surface area (Å²) in [6.45, 7) is 0.523. The highest BCUT2D eigenvalue weighted by atomic mass is 32.2. The SMILES string of the molecule is O=S(=O)(Cc1cccc(F)c1)N1CCCN(S(=O)(=O)c2cnc[nH]2)CC1. The van der Waals surface area contributed by atoms with Gasteiger partial charge in [-0.25, -0.2) is 30.5 Å². The topological polar surface area (TPSA) is 103 Å². The fourth-order valence-electron chi connectivity index (χ4n) is 2.84. The number of aromatic nitrogens is 2. The van der Waals surface area contributed by atoms with Crippen molar-refractivity contribution in [3.8, 4) is 0 Å². The van der Waals surface area contributed by atoms with Gasteiger partial charge in [0.1, 0.15) is 5.82 Å². The lowest BCUT2D eigenvalue weighted by Gasteiger charge is -2.21. The molecule has 0 unspecified atom stereocenters. The van der Waals surface area contributed by atoms with E-state index in [9.17, 15) is 21.2 Å². The van der Waals surface area contributed by atoms with Crippen molar-refractivity contribution in [1.82, 2.24) is 18.6 Å². The van der Waals surface area contributed by atoms with Crippen molar-refractivity contribution in [2.75, 3.05) is 26.2 Å². The quantitative estimate of drug-likeness (QED) is 0.796. The third-order valence-corrected chi connectivity index (χ3v) is 7.81. The number of halogens is 1. The summed E-state index contributed by atoms with van der Waals surface area (Å²) in [6, 6.07) is 5.44. The molecule has 142 valence electrons. The lowest BCUT2D eigenvalue weighted by Crippen LogP contribution is -2.37. The van der Waals surface area contributed by atoms with E-state index >= 15 is 0 Å². The summed E-state index contributed by atoms with van der Waals surface area (Å²) in [5.74, 6) is -0.816. The number of hydrogen-bond donors (Lipinski definition) is 1. The number of nitrogens with zero attached hydrogens (tertiary/aromatic N) is 3. The molecule has 0 aliphatic carbocycles. The van der Waals surface area contributed by atoms with Crippen molar-refractivity contribution in [2.24, 2.45) is 0 Å². The maximum Gasteiger partial charge on any atom is 0.260 e. The minimum absolute atomic E-state index is 0.0198. The second kappa shape index (κ2) is 7.43. The second-order valence-electron chi connectivity index (χ2n) is 5.96. The van der Waals surface area contributed by atoms with E-state index < -0.39 is 25.9 Å². The van der Waals surface area contributed by atoms with Gasteiger partial charge in [0.15, 0.2) is 5.03 Å². The standard InChI is InChI=1S/C15H19FN4O4S2/c16-14-4-1-3-13(9-14)11-25(21,22)19-5-2-6-20(8-7-19)26(23,24)15-10-17-12-18-15/h1,3-4,9-10,12H,2,5-8,11H2,(H,17,18). The molecule has 2 aromatic rings. The van der Waals surface area contributed by atoms with E-state index in [2.05, 4.69) is 9.97 Å². The molecular formula is C15H19FN4O4S2. The Bertz CT molecular complexity index is 961. The number of sulfonamides is 2. The van der Waals surface area contributed by atoms with Crippen LogP contribution in [0.4, 0.5) is 4.39 Å². The molecule has 1 aliphatic heterocycles. The third-order valence-electron chi connectivity index (χ3n) is 4.14. The van der Waals surface area contributed by atoms with Gasteiger partial charge < -0.3 is 4.98 Å². The zero-order chi connectivity index (χ0) is 18.8. The van der Waals surface area contributed by atoms with Crippen LogP contribution in [0.15, 0.2) is 41.8 Å². The van der Waals surface area contributed by atoms with Crippen molar-refractivity contribution in [1.29, 1.82) is 0 Å². The molecule has 0 saturated carbocycles. The third kappa shape index (κ3) is 4.11. The van der Waals surface area contributed by atoms with E-state index in [0.717, 1.165) is 0 Å². The maximum absolute atomic E-state index is 13.3. The van der Waals surface area contributed by atoms with E-state index in [1.165, 1.54) is 39.3 Å². The minimum Gasteiger partial charge on any atom is -0.335 e. The van der Waals surface area contributed by atoms with E-state index in [-0.39, 0.29) is 37.0 Å². The first-order valence-electron chi connectivity index (χ1n) is 8.00. The molecule has 1 aromatic heterocycles. The van der Waals surface area contributed by atoms with Crippen molar-refractivity contribution in [2.45, 2.75) is 17.2 Å². The predicted octanol–water partition coefficient (Wildman–Crippen LogP) is 0.775. The minimum atomic E-state index is -3.73. The molecule has 1 saturated heterocycles. The fourth-order valence-corrected chi connectivity index (χ4v) is 5.76. The highest BCUT2D eigenvalue weighted by Crippen LogP contribution is 2.18. The summed E-state index contributed by atoms with van der Waals surface area (Å²) in [7, 11) is -7.41. The molecule has 1 N–H and O–H groups in total. The first kappa shape index (κ1) is 19.0. The van der Waals surface area contributed by atoms with Gasteiger partial charge in [0.25, 0.3) is 10.0 Å².